The van der Waals surface area contributed by atoms with Gasteiger partial charge in [0.05, 0.1) is 0 Å². The monoisotopic (exact) mass is 240 g/mol. The SMILES string of the molecule is C1[C]2CC3CC1CC(C2)C3.[CH2]Cc1ccccc1. The minimum atomic E-state index is 0.890. The first-order chi connectivity index (χ1) is 8.83. The van der Waals surface area contributed by atoms with Crippen LogP contribution in [0, 0.1) is 30.6 Å². The predicted molar refractivity (Wildman–Crippen MR) is 76.9 cm³/mol. The second kappa shape index (κ2) is 5.47. The van der Waals surface area contributed by atoms with Crippen molar-refractivity contribution in [3.05, 3.63) is 48.7 Å². The molecule has 0 heterocycles. The van der Waals surface area contributed by atoms with Gasteiger partial charge in [-0.05, 0) is 81.1 Å². The van der Waals surface area contributed by atoms with Crippen molar-refractivity contribution < 1.29 is 0 Å². The van der Waals surface area contributed by atoms with Gasteiger partial charge < -0.3 is 0 Å². The van der Waals surface area contributed by atoms with E-state index in [4.69, 9.17) is 0 Å². The Morgan fingerprint density at radius 1 is 0.833 bits per heavy atom. The Hall–Kier alpha value is -0.780. The minimum Gasteiger partial charge on any atom is -0.0622 e. The zero-order chi connectivity index (χ0) is 12.4. The molecule has 0 nitrogen and oxygen atoms in total. The lowest BCUT2D eigenvalue weighted by Gasteiger charge is -2.49. The third kappa shape index (κ3) is 2.79. The molecule has 4 bridgehead atoms. The summed E-state index contributed by atoms with van der Waals surface area (Å²) in [6, 6.07) is 10.2. The lowest BCUT2D eigenvalue weighted by molar-refractivity contribution is 0.0920. The fourth-order valence-electron chi connectivity index (χ4n) is 4.32. The zero-order valence-corrected chi connectivity index (χ0v) is 11.3. The van der Waals surface area contributed by atoms with E-state index in [-0.39, 0.29) is 0 Å². The van der Waals surface area contributed by atoms with E-state index in [1.54, 1.807) is 19.3 Å². The third-order valence-electron chi connectivity index (χ3n) is 4.86. The van der Waals surface area contributed by atoms with Crippen LogP contribution < -0.4 is 0 Å². The molecule has 0 aliphatic heterocycles. The molecule has 4 aliphatic rings. The van der Waals surface area contributed by atoms with Gasteiger partial charge in [0.15, 0.2) is 0 Å². The van der Waals surface area contributed by atoms with Crippen LogP contribution in [0.3, 0.4) is 0 Å². The Morgan fingerprint density at radius 2 is 1.33 bits per heavy atom. The first-order valence-corrected chi connectivity index (χ1v) is 7.50. The molecule has 4 fully saturated rings. The molecular weight excluding hydrogens is 216 g/mol. The number of rotatable bonds is 1. The average Bonchev–Trinajstić information content (AvgIpc) is 2.39. The molecule has 5 rings (SSSR count). The summed E-state index contributed by atoms with van der Waals surface area (Å²) in [5.74, 6) is 5.35. The molecule has 0 amide bonds. The van der Waals surface area contributed by atoms with E-state index in [9.17, 15) is 0 Å². The van der Waals surface area contributed by atoms with E-state index in [1.165, 1.54) is 24.8 Å². The van der Waals surface area contributed by atoms with Gasteiger partial charge in [-0.2, -0.15) is 0 Å². The van der Waals surface area contributed by atoms with E-state index in [2.05, 4.69) is 19.1 Å². The van der Waals surface area contributed by atoms with Crippen LogP contribution in [0.1, 0.15) is 44.1 Å². The van der Waals surface area contributed by atoms with Crippen LogP contribution in [0.2, 0.25) is 0 Å². The van der Waals surface area contributed by atoms with E-state index in [0.717, 1.165) is 24.2 Å². The molecule has 4 aliphatic carbocycles. The molecule has 18 heavy (non-hydrogen) atoms. The van der Waals surface area contributed by atoms with Crippen molar-refractivity contribution in [2.45, 2.75) is 44.9 Å². The van der Waals surface area contributed by atoms with Crippen molar-refractivity contribution in [3.8, 4) is 0 Å². The summed E-state index contributed by atoms with van der Waals surface area (Å²) in [5.41, 5.74) is 1.30. The molecule has 1 aromatic rings. The maximum atomic E-state index is 3.76. The number of hydrogen-bond acceptors (Lipinski definition) is 0. The van der Waals surface area contributed by atoms with Crippen molar-refractivity contribution in [1.29, 1.82) is 0 Å². The first kappa shape index (κ1) is 12.3. The van der Waals surface area contributed by atoms with Crippen LogP contribution in [0.4, 0.5) is 0 Å². The highest BCUT2D eigenvalue weighted by Gasteiger charge is 2.42. The highest BCUT2D eigenvalue weighted by Crippen LogP contribution is 2.54. The van der Waals surface area contributed by atoms with Gasteiger partial charge in [-0.3, -0.25) is 0 Å². The van der Waals surface area contributed by atoms with E-state index in [1.807, 2.05) is 24.1 Å². The van der Waals surface area contributed by atoms with Crippen LogP contribution in [0.5, 0.6) is 0 Å². The van der Waals surface area contributed by atoms with Crippen molar-refractivity contribution in [3.63, 3.8) is 0 Å². The normalized spacial score (nSPS) is 33.1. The average molecular weight is 240 g/mol. The Labute approximate surface area is 112 Å². The third-order valence-corrected chi connectivity index (χ3v) is 4.86. The summed E-state index contributed by atoms with van der Waals surface area (Å²) in [7, 11) is 0. The van der Waals surface area contributed by atoms with Crippen molar-refractivity contribution in [2.75, 3.05) is 0 Å². The summed E-state index contributed by atoms with van der Waals surface area (Å²) < 4.78 is 0. The molecule has 96 valence electrons. The van der Waals surface area contributed by atoms with Crippen molar-refractivity contribution in [1.82, 2.24) is 0 Å². The molecule has 1 aromatic carbocycles. The Morgan fingerprint density at radius 3 is 1.67 bits per heavy atom. The van der Waals surface area contributed by atoms with Gasteiger partial charge in [-0.15, -0.1) is 0 Å². The smallest absolute Gasteiger partial charge is 0.0233 e. The molecule has 0 saturated heterocycles. The molecule has 0 unspecified atom stereocenters. The van der Waals surface area contributed by atoms with E-state index < -0.39 is 0 Å². The Kier molecular flexibility index (Phi) is 3.72. The Balaban J connectivity index is 0.000000115. The predicted octanol–water partition coefficient (Wildman–Crippen LogP) is 4.85. The van der Waals surface area contributed by atoms with E-state index in [0.29, 0.717) is 0 Å². The van der Waals surface area contributed by atoms with Crippen LogP contribution in [-0.2, 0) is 6.42 Å². The van der Waals surface area contributed by atoms with Gasteiger partial charge in [0.25, 0.3) is 0 Å². The second-order valence-electron chi connectivity index (χ2n) is 6.40. The van der Waals surface area contributed by atoms with Gasteiger partial charge >= 0.3 is 0 Å². The highest BCUT2D eigenvalue weighted by atomic mass is 14.5. The van der Waals surface area contributed by atoms with Crippen molar-refractivity contribution >= 4 is 0 Å². The molecule has 0 N–H and O–H groups in total. The summed E-state index contributed by atoms with van der Waals surface area (Å²) >= 11 is 0. The highest BCUT2D eigenvalue weighted by molar-refractivity contribution is 5.14. The summed E-state index contributed by atoms with van der Waals surface area (Å²) in [4.78, 5) is 0. The van der Waals surface area contributed by atoms with Gasteiger partial charge in [0.1, 0.15) is 0 Å². The summed E-state index contributed by atoms with van der Waals surface area (Å²) in [6.07, 6.45) is 10.2. The molecule has 0 aromatic heterocycles. The van der Waals surface area contributed by atoms with Crippen LogP contribution in [-0.4, -0.2) is 0 Å². The molecular formula is C18H24. The second-order valence-corrected chi connectivity index (χ2v) is 6.40. The summed E-state index contributed by atoms with van der Waals surface area (Å²) in [6.45, 7) is 3.76. The lowest BCUT2D eigenvalue weighted by Crippen LogP contribution is -2.37. The molecule has 0 heteroatoms. The molecule has 4 saturated carbocycles. The number of hydrogen-bond donors (Lipinski definition) is 0. The molecule has 0 atom stereocenters. The molecule has 0 spiro atoms. The first-order valence-electron chi connectivity index (χ1n) is 7.50. The van der Waals surface area contributed by atoms with Crippen LogP contribution in [0.15, 0.2) is 30.3 Å². The quantitative estimate of drug-likeness (QED) is 0.658. The maximum Gasteiger partial charge on any atom is -0.0233 e. The fraction of sp³-hybridized carbons (Fsp3) is 0.556. The lowest BCUT2D eigenvalue weighted by atomic mass is 9.56. The minimum absolute atomic E-state index is 0.890. The number of benzene rings is 1. The standard InChI is InChI=1S/C10H15.C8H9/c1-7-2-9-4-8(1)5-10(3-7)6-9;1-2-8-6-4-3-5-7-8/h7-9H,1-6H2;3-7H,1-2H2. The molecule has 2 radical (unpaired) electrons. The van der Waals surface area contributed by atoms with Gasteiger partial charge in [-0.25, -0.2) is 0 Å². The van der Waals surface area contributed by atoms with Crippen molar-refractivity contribution in [2.24, 2.45) is 17.8 Å². The van der Waals surface area contributed by atoms with Crippen LogP contribution in [0.25, 0.3) is 0 Å². The Bertz CT molecular complexity index is 308. The van der Waals surface area contributed by atoms with Gasteiger partial charge in [0.2, 0.25) is 0 Å². The maximum absolute atomic E-state index is 3.76. The fourth-order valence-corrected chi connectivity index (χ4v) is 4.32. The largest absolute Gasteiger partial charge is 0.0622 e. The topological polar surface area (TPSA) is 0 Å². The van der Waals surface area contributed by atoms with Gasteiger partial charge in [0, 0.05) is 0 Å². The van der Waals surface area contributed by atoms with Gasteiger partial charge in [-0.1, -0.05) is 30.3 Å². The van der Waals surface area contributed by atoms with Crippen LogP contribution >= 0.6 is 0 Å². The summed E-state index contributed by atoms with van der Waals surface area (Å²) in [5, 5.41) is 0. The van der Waals surface area contributed by atoms with E-state index >= 15 is 0 Å². The zero-order valence-electron chi connectivity index (χ0n) is 11.3.